The molecule has 0 N–H and O–H groups in total. The highest BCUT2D eigenvalue weighted by Crippen LogP contribution is 2.29. The van der Waals surface area contributed by atoms with Gasteiger partial charge in [-0.1, -0.05) is 49.9 Å². The minimum Gasteiger partial charge on any atom is -0.349 e. The van der Waals surface area contributed by atoms with E-state index in [4.69, 9.17) is 0 Å². The van der Waals surface area contributed by atoms with Crippen LogP contribution in [-0.4, -0.2) is 48.8 Å². The zero-order valence-electron chi connectivity index (χ0n) is 18.4. The van der Waals surface area contributed by atoms with Gasteiger partial charge in [0.15, 0.2) is 0 Å². The maximum atomic E-state index is 12.5. The summed E-state index contributed by atoms with van der Waals surface area (Å²) in [6.45, 7) is 1.86. The van der Waals surface area contributed by atoms with Gasteiger partial charge in [-0.25, -0.2) is 0 Å². The second-order valence-electron chi connectivity index (χ2n) is 9.32. The predicted molar refractivity (Wildman–Crippen MR) is 118 cm³/mol. The molecular weight excluding hydrogens is 360 g/mol. The molecular formula is C25H38N2O2. The van der Waals surface area contributed by atoms with E-state index < -0.39 is 0 Å². The fourth-order valence-electron chi connectivity index (χ4n) is 4.82. The molecule has 0 bridgehead atoms. The summed E-state index contributed by atoms with van der Waals surface area (Å²) in [5.74, 6) is 2.04. The van der Waals surface area contributed by atoms with E-state index in [1.807, 2.05) is 0 Å². The van der Waals surface area contributed by atoms with E-state index in [9.17, 15) is 9.59 Å². The SMILES string of the molecule is CN(C)C(=O)CCc1ccc(CC2CCN(C(=O)CCC3CCCC3)CC2)cc1. The maximum absolute atomic E-state index is 12.5. The van der Waals surface area contributed by atoms with E-state index >= 15 is 0 Å². The normalized spacial score (nSPS) is 18.2. The standard InChI is InChI=1S/C25H38N2O2/c1-26(2)24(28)13-11-21-7-9-22(10-8-21)19-23-15-17-27(18-16-23)25(29)14-12-20-5-3-4-6-20/h7-10,20,23H,3-6,11-19H2,1-2H3. The van der Waals surface area contributed by atoms with E-state index in [0.717, 1.165) is 57.5 Å². The molecule has 4 heteroatoms. The van der Waals surface area contributed by atoms with Crippen LogP contribution in [-0.2, 0) is 22.4 Å². The summed E-state index contributed by atoms with van der Waals surface area (Å²) >= 11 is 0. The van der Waals surface area contributed by atoms with Crippen LogP contribution in [0.4, 0.5) is 0 Å². The highest BCUT2D eigenvalue weighted by molar-refractivity contribution is 5.76. The number of hydrogen-bond donors (Lipinski definition) is 0. The summed E-state index contributed by atoms with van der Waals surface area (Å²) in [5, 5.41) is 0. The van der Waals surface area contributed by atoms with Crippen LogP contribution < -0.4 is 0 Å². The summed E-state index contributed by atoms with van der Waals surface area (Å²) < 4.78 is 0. The number of likely N-dealkylation sites (tertiary alicyclic amines) is 1. The molecule has 0 aromatic heterocycles. The Morgan fingerprint density at radius 2 is 1.52 bits per heavy atom. The molecule has 1 saturated heterocycles. The number of nitrogens with zero attached hydrogens (tertiary/aromatic N) is 2. The number of rotatable bonds is 8. The van der Waals surface area contributed by atoms with Gasteiger partial charge >= 0.3 is 0 Å². The Labute approximate surface area is 176 Å². The molecule has 1 aliphatic heterocycles. The Kier molecular flexibility index (Phi) is 8.14. The second-order valence-corrected chi connectivity index (χ2v) is 9.32. The molecule has 1 aromatic rings. The van der Waals surface area contributed by atoms with Crippen molar-refractivity contribution in [2.75, 3.05) is 27.2 Å². The quantitative estimate of drug-likeness (QED) is 0.649. The van der Waals surface area contributed by atoms with E-state index in [1.165, 1.54) is 36.8 Å². The zero-order valence-corrected chi connectivity index (χ0v) is 18.4. The van der Waals surface area contributed by atoms with Crippen LogP contribution in [0.5, 0.6) is 0 Å². The second kappa shape index (κ2) is 10.8. The molecule has 1 aliphatic carbocycles. The van der Waals surface area contributed by atoms with Gasteiger partial charge in [-0.05, 0) is 55.1 Å². The number of carbonyl (C=O) groups excluding carboxylic acids is 2. The third kappa shape index (κ3) is 6.87. The Bertz CT molecular complexity index is 654. The minimum atomic E-state index is 0.179. The number of aryl methyl sites for hydroxylation is 1. The van der Waals surface area contributed by atoms with Crippen molar-refractivity contribution in [2.45, 2.75) is 70.6 Å². The molecule has 1 aromatic carbocycles. The van der Waals surface area contributed by atoms with Crippen molar-refractivity contribution in [2.24, 2.45) is 11.8 Å². The van der Waals surface area contributed by atoms with Crippen molar-refractivity contribution in [1.29, 1.82) is 0 Å². The van der Waals surface area contributed by atoms with Gasteiger partial charge in [0.25, 0.3) is 0 Å². The lowest BCUT2D eigenvalue weighted by molar-refractivity contribution is -0.133. The first-order valence-corrected chi connectivity index (χ1v) is 11.6. The number of benzene rings is 1. The number of hydrogen-bond acceptors (Lipinski definition) is 2. The Morgan fingerprint density at radius 3 is 2.14 bits per heavy atom. The lowest BCUT2D eigenvalue weighted by atomic mass is 9.89. The van der Waals surface area contributed by atoms with Crippen molar-refractivity contribution < 1.29 is 9.59 Å². The first-order chi connectivity index (χ1) is 14.0. The maximum Gasteiger partial charge on any atom is 0.222 e. The molecule has 160 valence electrons. The van der Waals surface area contributed by atoms with Gasteiger partial charge in [0, 0.05) is 40.0 Å². The summed E-state index contributed by atoms with van der Waals surface area (Å²) in [4.78, 5) is 28.0. The van der Waals surface area contributed by atoms with E-state index in [-0.39, 0.29) is 5.91 Å². The van der Waals surface area contributed by atoms with Gasteiger partial charge in [0.2, 0.25) is 11.8 Å². The average Bonchev–Trinajstić information content (AvgIpc) is 3.25. The molecule has 0 spiro atoms. The van der Waals surface area contributed by atoms with Crippen molar-refractivity contribution >= 4 is 11.8 Å². The van der Waals surface area contributed by atoms with Gasteiger partial charge in [0.05, 0.1) is 0 Å². The van der Waals surface area contributed by atoms with E-state index in [2.05, 4.69) is 29.2 Å². The van der Waals surface area contributed by atoms with Crippen LogP contribution >= 0.6 is 0 Å². The van der Waals surface area contributed by atoms with Gasteiger partial charge in [-0.15, -0.1) is 0 Å². The van der Waals surface area contributed by atoms with E-state index in [0.29, 0.717) is 18.2 Å². The van der Waals surface area contributed by atoms with Gasteiger partial charge in [-0.2, -0.15) is 0 Å². The van der Waals surface area contributed by atoms with Crippen LogP contribution in [0.3, 0.4) is 0 Å². The zero-order chi connectivity index (χ0) is 20.6. The summed E-state index contributed by atoms with van der Waals surface area (Å²) in [6.07, 6.45) is 12.0. The largest absolute Gasteiger partial charge is 0.349 e. The lowest BCUT2D eigenvalue weighted by Gasteiger charge is -2.32. The van der Waals surface area contributed by atoms with Crippen LogP contribution in [0.1, 0.15) is 68.9 Å². The summed E-state index contributed by atoms with van der Waals surface area (Å²) in [7, 11) is 3.61. The van der Waals surface area contributed by atoms with Gasteiger partial charge in [-0.3, -0.25) is 9.59 Å². The average molecular weight is 399 g/mol. The topological polar surface area (TPSA) is 40.6 Å². The molecule has 1 heterocycles. The Morgan fingerprint density at radius 1 is 0.897 bits per heavy atom. The van der Waals surface area contributed by atoms with Crippen LogP contribution in [0.2, 0.25) is 0 Å². The molecule has 0 atom stereocenters. The van der Waals surface area contributed by atoms with Gasteiger partial charge < -0.3 is 9.80 Å². The van der Waals surface area contributed by atoms with Gasteiger partial charge in [0.1, 0.15) is 0 Å². The van der Waals surface area contributed by atoms with Crippen LogP contribution in [0, 0.1) is 11.8 Å². The molecule has 0 radical (unpaired) electrons. The minimum absolute atomic E-state index is 0.179. The molecule has 2 aliphatic rings. The van der Waals surface area contributed by atoms with Crippen molar-refractivity contribution in [3.05, 3.63) is 35.4 Å². The Hall–Kier alpha value is -1.84. The van der Waals surface area contributed by atoms with Crippen molar-refractivity contribution in [3.8, 4) is 0 Å². The third-order valence-corrected chi connectivity index (χ3v) is 6.88. The summed E-state index contributed by atoms with van der Waals surface area (Å²) in [6, 6.07) is 8.77. The van der Waals surface area contributed by atoms with Crippen molar-refractivity contribution in [3.63, 3.8) is 0 Å². The number of amides is 2. The first kappa shape index (κ1) is 21.9. The third-order valence-electron chi connectivity index (χ3n) is 6.88. The highest BCUT2D eigenvalue weighted by Gasteiger charge is 2.24. The molecule has 4 nitrogen and oxygen atoms in total. The smallest absolute Gasteiger partial charge is 0.222 e. The molecule has 3 rings (SSSR count). The molecule has 0 unspecified atom stereocenters. The first-order valence-electron chi connectivity index (χ1n) is 11.6. The highest BCUT2D eigenvalue weighted by atomic mass is 16.2. The molecule has 2 fully saturated rings. The molecule has 2 amide bonds. The summed E-state index contributed by atoms with van der Waals surface area (Å²) in [5.41, 5.74) is 2.60. The predicted octanol–water partition coefficient (Wildman–Crippen LogP) is 4.46. The van der Waals surface area contributed by atoms with Crippen molar-refractivity contribution in [1.82, 2.24) is 9.80 Å². The van der Waals surface area contributed by atoms with E-state index in [1.54, 1.807) is 19.0 Å². The fourth-order valence-corrected chi connectivity index (χ4v) is 4.82. The number of carbonyl (C=O) groups is 2. The lowest BCUT2D eigenvalue weighted by Crippen LogP contribution is -2.38. The Balaban J connectivity index is 1.36. The number of piperidine rings is 1. The fraction of sp³-hybridized carbons (Fsp3) is 0.680. The molecule has 29 heavy (non-hydrogen) atoms. The van der Waals surface area contributed by atoms with Crippen LogP contribution in [0.25, 0.3) is 0 Å². The van der Waals surface area contributed by atoms with Crippen LogP contribution in [0.15, 0.2) is 24.3 Å². The monoisotopic (exact) mass is 398 g/mol. The molecule has 1 saturated carbocycles.